The molecule has 462 valence electrons. The van der Waals surface area contributed by atoms with Crippen LogP contribution in [-0.2, 0) is 64.3 Å². The maximum Gasteiger partial charge on any atom is 0.279 e. The standard InChI is InChI=1S/C64H75N7O13S3/c1-39-25-49-53(68(5)35-45-29-42-13-9-11-15-51(42)70(45)62(49)77)32-55(39)83-37-40-26-41(38-84-57-33-54-50(31-56(57)81-7)63(78)71-46(36-69(54)6)30-43-14-10-12-16-52(43)71)28-44(27-40)67-60(75)20-18-48(73)34-66-59(74)19-17-47(72)21-23-64(2,3)86-85-24-22-58(61(76)65-4)87(79,80)82-8/h9-16,25-28,31-33,45-46,58H,17-24,29-30,34-38H2,1-8H3,(H,65,76)(H,66,74)(H,67,75)/t45-,46-,58?/m0/s1. The van der Waals surface area contributed by atoms with Crippen LogP contribution in [0.25, 0.3) is 0 Å². The van der Waals surface area contributed by atoms with Gasteiger partial charge in [0, 0.05) is 106 Å². The van der Waals surface area contributed by atoms with Crippen molar-refractivity contribution in [2.45, 2.75) is 114 Å². The van der Waals surface area contributed by atoms with E-state index in [4.69, 9.17) is 14.2 Å². The molecule has 4 heterocycles. The predicted octanol–water partition coefficient (Wildman–Crippen LogP) is 8.38. The van der Waals surface area contributed by atoms with Crippen molar-refractivity contribution in [3.05, 3.63) is 130 Å². The van der Waals surface area contributed by atoms with Gasteiger partial charge in [0.25, 0.3) is 21.9 Å². The number of amides is 5. The lowest BCUT2D eigenvalue weighted by Gasteiger charge is -2.25. The number of hydrogen-bond donors (Lipinski definition) is 3. The fourth-order valence-corrected chi connectivity index (χ4v) is 15.4. The molecule has 0 saturated carbocycles. The summed E-state index contributed by atoms with van der Waals surface area (Å²) in [7, 11) is 6.65. The molecule has 0 spiro atoms. The van der Waals surface area contributed by atoms with Gasteiger partial charge in [-0.3, -0.25) is 37.7 Å². The summed E-state index contributed by atoms with van der Waals surface area (Å²) >= 11 is 0. The Kier molecular flexibility index (Phi) is 20.3. The minimum Gasteiger partial charge on any atom is -0.493 e. The third kappa shape index (κ3) is 15.0. The highest BCUT2D eigenvalue weighted by molar-refractivity contribution is 8.77. The second kappa shape index (κ2) is 27.6. The number of ketones is 2. The van der Waals surface area contributed by atoms with Crippen LogP contribution in [0.2, 0.25) is 0 Å². The van der Waals surface area contributed by atoms with Gasteiger partial charge in [0.15, 0.2) is 22.5 Å². The van der Waals surface area contributed by atoms with Crippen LogP contribution in [0.4, 0.5) is 28.4 Å². The van der Waals surface area contributed by atoms with Crippen molar-refractivity contribution in [1.82, 2.24) is 10.6 Å². The molecule has 5 amide bonds. The minimum absolute atomic E-state index is 0.0210. The first kappa shape index (κ1) is 63.9. The highest BCUT2D eigenvalue weighted by atomic mass is 33.1. The molecule has 0 saturated heterocycles. The summed E-state index contributed by atoms with van der Waals surface area (Å²) in [4.78, 5) is 101. The zero-order chi connectivity index (χ0) is 62.3. The number of benzene rings is 5. The molecule has 3 N–H and O–H groups in total. The second-order valence-electron chi connectivity index (χ2n) is 23.0. The number of likely N-dealkylation sites (N-methyl/N-ethyl adjacent to an activating group) is 2. The van der Waals surface area contributed by atoms with Crippen LogP contribution in [0.5, 0.6) is 17.2 Å². The lowest BCUT2D eigenvalue weighted by molar-refractivity contribution is -0.127. The number of para-hydroxylation sites is 2. The van der Waals surface area contributed by atoms with E-state index < -0.39 is 33.1 Å². The normalized spacial score (nSPS) is 16.3. The Labute approximate surface area is 516 Å². The zero-order valence-corrected chi connectivity index (χ0v) is 52.8. The summed E-state index contributed by atoms with van der Waals surface area (Å²) in [6, 6.07) is 28.7. The highest BCUT2D eigenvalue weighted by Crippen LogP contribution is 2.44. The Morgan fingerprint density at radius 2 is 1.23 bits per heavy atom. The number of methoxy groups -OCH3 is 1. The molecule has 5 aromatic carbocycles. The van der Waals surface area contributed by atoms with Crippen molar-refractivity contribution in [1.29, 1.82) is 0 Å². The first-order valence-corrected chi connectivity index (χ1v) is 32.8. The number of ether oxygens (including phenoxy) is 3. The van der Waals surface area contributed by atoms with E-state index in [0.717, 1.165) is 53.7 Å². The van der Waals surface area contributed by atoms with Crippen molar-refractivity contribution in [3.8, 4) is 17.2 Å². The summed E-state index contributed by atoms with van der Waals surface area (Å²) in [5.41, 5.74) is 9.18. The van der Waals surface area contributed by atoms with Crippen LogP contribution in [-0.4, -0.2) is 132 Å². The molecule has 1 unspecified atom stereocenters. The molecular weight excluding hydrogens is 1170 g/mol. The fourth-order valence-electron chi connectivity index (χ4n) is 11.6. The maximum absolute atomic E-state index is 14.3. The van der Waals surface area contributed by atoms with Gasteiger partial charge in [-0.05, 0) is 117 Å². The molecule has 4 aliphatic rings. The Morgan fingerprint density at radius 1 is 0.678 bits per heavy atom. The molecule has 0 fully saturated rings. The van der Waals surface area contributed by atoms with E-state index in [0.29, 0.717) is 76.1 Å². The topological polar surface area (TPSA) is 240 Å². The SMILES string of the molecule is CNC(=O)C(CCSSC(C)(C)CCC(=O)CCC(=O)NCC(=O)CCC(=O)Nc1cc(COc2cc3c(cc2C)C(=O)N2c4ccccc4C[C@H]2CN3C)cc(COc2cc3c(cc2OC)C(=O)N2c4ccccc4C[C@H]2CN3C)c1)S(=O)(=O)OC. The van der Waals surface area contributed by atoms with Gasteiger partial charge in [0.2, 0.25) is 17.7 Å². The summed E-state index contributed by atoms with van der Waals surface area (Å²) in [6.45, 7) is 6.81. The molecule has 3 atom stereocenters. The van der Waals surface area contributed by atoms with Gasteiger partial charge in [0.1, 0.15) is 24.7 Å². The Balaban J connectivity index is 0.822. The fraction of sp³-hybridized carbons (Fsp3) is 0.422. The van der Waals surface area contributed by atoms with Crippen molar-refractivity contribution >= 4 is 101 Å². The van der Waals surface area contributed by atoms with Gasteiger partial charge in [-0.25, -0.2) is 0 Å². The number of aryl methyl sites for hydroxylation is 1. The Bertz CT molecular complexity index is 3600. The largest absolute Gasteiger partial charge is 0.493 e. The van der Waals surface area contributed by atoms with Crippen LogP contribution in [0.1, 0.15) is 107 Å². The number of anilines is 5. The number of nitrogens with one attached hydrogen (secondary N) is 3. The molecule has 9 rings (SSSR count). The monoisotopic (exact) mass is 1250 g/mol. The van der Waals surface area contributed by atoms with E-state index in [-0.39, 0.29) is 98.5 Å². The number of Topliss-reactive ketones (excluding diaryl/α,β-unsaturated/α-hetero) is 2. The number of rotatable bonds is 27. The van der Waals surface area contributed by atoms with Crippen LogP contribution in [0, 0.1) is 6.92 Å². The number of carbonyl (C=O) groups excluding carboxylic acids is 7. The number of hydrogen-bond acceptors (Lipinski definition) is 17. The van der Waals surface area contributed by atoms with Crippen LogP contribution in [0.3, 0.4) is 0 Å². The van der Waals surface area contributed by atoms with Gasteiger partial charge >= 0.3 is 0 Å². The van der Waals surface area contributed by atoms with E-state index in [1.807, 2.05) is 105 Å². The van der Waals surface area contributed by atoms with E-state index in [1.165, 1.54) is 35.7 Å². The van der Waals surface area contributed by atoms with Crippen molar-refractivity contribution in [2.75, 3.05) is 85.7 Å². The Morgan fingerprint density at radius 3 is 1.82 bits per heavy atom. The van der Waals surface area contributed by atoms with Gasteiger partial charge in [-0.2, -0.15) is 8.42 Å². The predicted molar refractivity (Wildman–Crippen MR) is 339 cm³/mol. The summed E-state index contributed by atoms with van der Waals surface area (Å²) < 4.78 is 47.5. The van der Waals surface area contributed by atoms with Crippen LogP contribution < -0.4 is 49.8 Å². The van der Waals surface area contributed by atoms with Crippen LogP contribution >= 0.6 is 21.6 Å². The molecule has 0 aliphatic carbocycles. The molecule has 20 nitrogen and oxygen atoms in total. The van der Waals surface area contributed by atoms with Gasteiger partial charge in [-0.15, -0.1) is 0 Å². The number of fused-ring (bicyclic) bond motifs is 8. The quantitative estimate of drug-likeness (QED) is 0.0254. The maximum atomic E-state index is 14.3. The molecule has 4 aliphatic heterocycles. The van der Waals surface area contributed by atoms with Crippen molar-refractivity contribution in [2.24, 2.45) is 0 Å². The van der Waals surface area contributed by atoms with E-state index in [2.05, 4.69) is 42.1 Å². The van der Waals surface area contributed by atoms with Gasteiger partial charge in [0.05, 0.1) is 55.3 Å². The lowest BCUT2D eigenvalue weighted by atomic mass is 10.0. The summed E-state index contributed by atoms with van der Waals surface area (Å²) in [6.07, 6.45) is 1.76. The highest BCUT2D eigenvalue weighted by Gasteiger charge is 2.41. The zero-order valence-electron chi connectivity index (χ0n) is 50.3. The molecule has 23 heteroatoms. The van der Waals surface area contributed by atoms with Crippen LogP contribution in [0.15, 0.2) is 91.0 Å². The van der Waals surface area contributed by atoms with Gasteiger partial charge < -0.3 is 49.8 Å². The second-order valence-corrected chi connectivity index (χ2v) is 28.0. The molecule has 0 aromatic heterocycles. The third-order valence-electron chi connectivity index (χ3n) is 16.2. The van der Waals surface area contributed by atoms with E-state index in [1.54, 1.807) is 18.2 Å². The smallest absolute Gasteiger partial charge is 0.279 e. The minimum atomic E-state index is -4.06. The van der Waals surface area contributed by atoms with Gasteiger partial charge in [-0.1, -0.05) is 58.0 Å². The first-order valence-electron chi connectivity index (χ1n) is 29.0. The number of nitrogens with zero attached hydrogens (tertiary/aromatic N) is 4. The Hall–Kier alpha value is -7.60. The van der Waals surface area contributed by atoms with Crippen molar-refractivity contribution in [3.63, 3.8) is 0 Å². The first-order chi connectivity index (χ1) is 41.6. The molecule has 87 heavy (non-hydrogen) atoms. The van der Waals surface area contributed by atoms with Crippen molar-refractivity contribution < 1.29 is 60.4 Å². The summed E-state index contributed by atoms with van der Waals surface area (Å²) in [5, 5.41) is 6.53. The van der Waals surface area contributed by atoms with E-state index in [9.17, 15) is 42.0 Å². The molecule has 0 bridgehead atoms. The average molecular weight is 1250 g/mol. The summed E-state index contributed by atoms with van der Waals surface area (Å²) in [5.74, 6) is -0.553. The van der Waals surface area contributed by atoms with E-state index >= 15 is 0 Å². The number of carbonyl (C=O) groups is 7. The lowest BCUT2D eigenvalue weighted by Crippen LogP contribution is -2.41. The molecular formula is C64H75N7O13S3. The molecule has 0 radical (unpaired) electrons. The average Bonchev–Trinajstić information content (AvgIpc) is 1.71. The third-order valence-corrected chi connectivity index (χ3v) is 21.1. The molecule has 5 aromatic rings.